The fourth-order valence-electron chi connectivity index (χ4n) is 3.68. The summed E-state index contributed by atoms with van der Waals surface area (Å²) >= 11 is 0. The van der Waals surface area contributed by atoms with Crippen molar-refractivity contribution in [1.29, 1.82) is 0 Å². The molecule has 0 aliphatic carbocycles. The fourth-order valence-corrected chi connectivity index (χ4v) is 3.68. The van der Waals surface area contributed by atoms with Gasteiger partial charge in [0.15, 0.2) is 0 Å². The molecule has 35 heavy (non-hydrogen) atoms. The predicted molar refractivity (Wildman–Crippen MR) is 150 cm³/mol. The van der Waals surface area contributed by atoms with Gasteiger partial charge in [-0.3, -0.25) is 0 Å². The Kier molecular flexibility index (Phi) is 37.7. The second-order valence-electron chi connectivity index (χ2n) is 9.84. The van der Waals surface area contributed by atoms with Gasteiger partial charge in [0.25, 0.3) is 0 Å². The minimum absolute atomic E-state index is 0. The average molecular weight is 533 g/mol. The Balaban J connectivity index is -0.000000417. The van der Waals surface area contributed by atoms with Crippen LogP contribution in [-0.4, -0.2) is 33.0 Å². The van der Waals surface area contributed by atoms with Crippen LogP contribution >= 0.6 is 0 Å². The summed E-state index contributed by atoms with van der Waals surface area (Å²) in [4.78, 5) is 0. The molecule has 0 unspecified atom stereocenters. The molecular formula is C30H60O4Ti. The minimum Gasteiger partial charge on any atom is -0.508 e. The van der Waals surface area contributed by atoms with Crippen LogP contribution in [0.2, 0.25) is 0 Å². The Morgan fingerprint density at radius 3 is 1.34 bits per heavy atom. The second kappa shape index (κ2) is 31.6. The number of aromatic hydroxyl groups is 1. The van der Waals surface area contributed by atoms with E-state index >= 15 is 0 Å². The first-order valence-electron chi connectivity index (χ1n) is 13.9. The molecule has 4 nitrogen and oxygen atoms in total. The van der Waals surface area contributed by atoms with Gasteiger partial charge in [-0.1, -0.05) is 103 Å². The van der Waals surface area contributed by atoms with E-state index < -0.39 is 0 Å². The van der Waals surface area contributed by atoms with Crippen LogP contribution in [0.3, 0.4) is 0 Å². The zero-order chi connectivity index (χ0) is 25.3. The van der Waals surface area contributed by atoms with Gasteiger partial charge in [0.2, 0.25) is 0 Å². The zero-order valence-corrected chi connectivity index (χ0v) is 25.6. The standard InChI is InChI=1S/C24H42O.2C3H8O.H2O.Ti/c1-3-5-7-9-11-13-15-18-22-19-17-21-24(25)23(22)20-16-14-12-10-8-6-4-2;2*1-3(2)4;;/h17,19,21,25H,3-16,18,20H2,1-2H3;2*3-4H,1-2H3;1H2;. The number of rotatable bonds is 16. The van der Waals surface area contributed by atoms with E-state index in [1.54, 1.807) is 27.7 Å². The van der Waals surface area contributed by atoms with E-state index in [0.717, 1.165) is 12.8 Å². The van der Waals surface area contributed by atoms with E-state index in [0.29, 0.717) is 5.75 Å². The van der Waals surface area contributed by atoms with Crippen molar-refractivity contribution in [3.8, 4) is 5.75 Å². The van der Waals surface area contributed by atoms with Crippen molar-refractivity contribution in [3.05, 3.63) is 29.3 Å². The fraction of sp³-hybridized carbons (Fsp3) is 0.800. The average Bonchev–Trinajstić information content (AvgIpc) is 2.73. The molecule has 0 amide bonds. The summed E-state index contributed by atoms with van der Waals surface area (Å²) in [5.41, 5.74) is 2.61. The summed E-state index contributed by atoms with van der Waals surface area (Å²) in [6.07, 6.45) is 20.6. The molecule has 0 heterocycles. The number of phenolic OH excluding ortho intramolecular Hbond substituents is 1. The Hall–Kier alpha value is -0.386. The van der Waals surface area contributed by atoms with Crippen LogP contribution in [0.15, 0.2) is 18.2 Å². The van der Waals surface area contributed by atoms with Crippen LogP contribution in [0, 0.1) is 0 Å². The zero-order valence-electron chi connectivity index (χ0n) is 24.0. The van der Waals surface area contributed by atoms with E-state index in [9.17, 15) is 5.11 Å². The topological polar surface area (TPSA) is 92.2 Å². The van der Waals surface area contributed by atoms with Gasteiger partial charge in [0.1, 0.15) is 5.75 Å². The van der Waals surface area contributed by atoms with Crippen molar-refractivity contribution < 1.29 is 42.5 Å². The Labute approximate surface area is 233 Å². The molecule has 0 aliphatic rings. The summed E-state index contributed by atoms with van der Waals surface area (Å²) in [5.74, 6) is 0.520. The minimum atomic E-state index is -0.167. The third-order valence-electron chi connectivity index (χ3n) is 5.33. The smallest absolute Gasteiger partial charge is 0.119 e. The van der Waals surface area contributed by atoms with Crippen molar-refractivity contribution in [2.75, 3.05) is 0 Å². The quantitative estimate of drug-likeness (QED) is 0.149. The van der Waals surface area contributed by atoms with E-state index in [2.05, 4.69) is 19.9 Å². The monoisotopic (exact) mass is 532 g/mol. The van der Waals surface area contributed by atoms with Crippen LogP contribution in [-0.2, 0) is 34.6 Å². The number of phenols is 1. The molecule has 0 aliphatic heterocycles. The molecule has 5 heteroatoms. The summed E-state index contributed by atoms with van der Waals surface area (Å²) in [6.45, 7) is 11.4. The first kappa shape index (κ1) is 41.7. The molecule has 0 saturated carbocycles. The van der Waals surface area contributed by atoms with Crippen molar-refractivity contribution >= 4 is 0 Å². The number of aliphatic hydroxyl groups is 2. The molecule has 0 bridgehead atoms. The van der Waals surface area contributed by atoms with Crippen LogP contribution < -0.4 is 0 Å². The third-order valence-corrected chi connectivity index (χ3v) is 5.33. The van der Waals surface area contributed by atoms with E-state index in [4.69, 9.17) is 10.2 Å². The molecule has 1 aromatic carbocycles. The number of benzene rings is 1. The molecule has 1 aromatic rings. The number of aliphatic hydroxyl groups excluding tert-OH is 2. The maximum atomic E-state index is 10.3. The maximum Gasteiger partial charge on any atom is 0.119 e. The van der Waals surface area contributed by atoms with E-state index in [1.807, 2.05) is 12.1 Å². The maximum absolute atomic E-state index is 10.3. The molecule has 5 N–H and O–H groups in total. The van der Waals surface area contributed by atoms with Gasteiger partial charge < -0.3 is 20.8 Å². The van der Waals surface area contributed by atoms with Gasteiger partial charge in [-0.2, -0.15) is 0 Å². The molecule has 0 fully saturated rings. The van der Waals surface area contributed by atoms with Gasteiger partial charge in [-0.05, 0) is 70.6 Å². The number of hydrogen-bond acceptors (Lipinski definition) is 3. The Morgan fingerprint density at radius 1 is 0.600 bits per heavy atom. The van der Waals surface area contributed by atoms with Crippen molar-refractivity contribution in [2.24, 2.45) is 0 Å². The van der Waals surface area contributed by atoms with E-state index in [-0.39, 0.29) is 39.4 Å². The normalized spacial score (nSPS) is 10.0. The van der Waals surface area contributed by atoms with Gasteiger partial charge in [0, 0.05) is 33.9 Å². The van der Waals surface area contributed by atoms with Crippen LogP contribution in [0.5, 0.6) is 5.75 Å². The summed E-state index contributed by atoms with van der Waals surface area (Å²) in [6, 6.07) is 6.11. The SMILES string of the molecule is CC(C)O.CC(C)O.CCCCCCCCCc1cccc(O)c1CCCCCCCCC.O.[Ti]. The second-order valence-corrected chi connectivity index (χ2v) is 9.84. The van der Waals surface area contributed by atoms with Crippen LogP contribution in [0.25, 0.3) is 0 Å². The molecule has 208 valence electrons. The van der Waals surface area contributed by atoms with Crippen LogP contribution in [0.4, 0.5) is 0 Å². The number of unbranched alkanes of at least 4 members (excludes halogenated alkanes) is 12. The molecule has 0 radical (unpaired) electrons. The van der Waals surface area contributed by atoms with Gasteiger partial charge in [0.05, 0.1) is 0 Å². The summed E-state index contributed by atoms with van der Waals surface area (Å²) < 4.78 is 0. The van der Waals surface area contributed by atoms with Crippen molar-refractivity contribution in [2.45, 2.75) is 156 Å². The van der Waals surface area contributed by atoms with Gasteiger partial charge in [-0.15, -0.1) is 0 Å². The molecule has 0 atom stereocenters. The number of hydrogen-bond donors (Lipinski definition) is 3. The number of aryl methyl sites for hydroxylation is 1. The summed E-state index contributed by atoms with van der Waals surface area (Å²) in [7, 11) is 0. The van der Waals surface area contributed by atoms with Gasteiger partial charge >= 0.3 is 0 Å². The largest absolute Gasteiger partial charge is 0.508 e. The third kappa shape index (κ3) is 33.6. The van der Waals surface area contributed by atoms with E-state index in [1.165, 1.54) is 101 Å². The first-order valence-corrected chi connectivity index (χ1v) is 13.9. The Bertz CT molecular complexity index is 510. The molecule has 0 aromatic heterocycles. The predicted octanol–water partition coefficient (Wildman–Crippen LogP) is 7.93. The van der Waals surface area contributed by atoms with Crippen molar-refractivity contribution in [3.63, 3.8) is 0 Å². The molecule has 1 rings (SSSR count). The first-order chi connectivity index (χ1) is 15.8. The van der Waals surface area contributed by atoms with Crippen molar-refractivity contribution in [1.82, 2.24) is 0 Å². The molecule has 0 spiro atoms. The summed E-state index contributed by atoms with van der Waals surface area (Å²) in [5, 5.41) is 26.4. The van der Waals surface area contributed by atoms with Crippen LogP contribution in [0.1, 0.15) is 143 Å². The molecular weight excluding hydrogens is 472 g/mol. The molecule has 0 saturated heterocycles. The van der Waals surface area contributed by atoms with Gasteiger partial charge in [-0.25, -0.2) is 0 Å². The Morgan fingerprint density at radius 2 is 0.943 bits per heavy atom.